The molecule has 21 heavy (non-hydrogen) atoms. The standard InChI is InChI=1S/C19H15NO/c1-20-19(21)17-7-3-5-13-9-10-15-14-6-2-4-12(14)8-11-16(15)18(13)17/h2-3,5-11H,4H2,1H3,(H,20,21). The molecular formula is C19H15NO. The van der Waals surface area contributed by atoms with Crippen LogP contribution < -0.4 is 5.32 Å². The van der Waals surface area contributed by atoms with Gasteiger partial charge < -0.3 is 5.32 Å². The van der Waals surface area contributed by atoms with Gasteiger partial charge in [0.25, 0.3) is 5.91 Å². The summed E-state index contributed by atoms with van der Waals surface area (Å²) in [5.74, 6) is -0.0378. The van der Waals surface area contributed by atoms with Crippen LogP contribution in [0.2, 0.25) is 0 Å². The van der Waals surface area contributed by atoms with E-state index < -0.39 is 0 Å². The Bertz CT molecular complexity index is 922. The van der Waals surface area contributed by atoms with Crippen molar-refractivity contribution in [3.8, 4) is 0 Å². The van der Waals surface area contributed by atoms with Crippen molar-refractivity contribution in [2.45, 2.75) is 6.42 Å². The maximum atomic E-state index is 12.2. The van der Waals surface area contributed by atoms with Crippen LogP contribution in [0.3, 0.4) is 0 Å². The van der Waals surface area contributed by atoms with Gasteiger partial charge in [-0.15, -0.1) is 0 Å². The van der Waals surface area contributed by atoms with Gasteiger partial charge in [0.2, 0.25) is 0 Å². The van der Waals surface area contributed by atoms with Gasteiger partial charge >= 0.3 is 0 Å². The molecule has 2 heteroatoms. The molecule has 0 unspecified atom stereocenters. The predicted molar refractivity (Wildman–Crippen MR) is 87.6 cm³/mol. The Labute approximate surface area is 123 Å². The highest BCUT2D eigenvalue weighted by Crippen LogP contribution is 2.34. The molecule has 3 aromatic carbocycles. The van der Waals surface area contributed by atoms with E-state index in [1.54, 1.807) is 7.05 Å². The summed E-state index contributed by atoms with van der Waals surface area (Å²) in [5, 5.41) is 7.26. The summed E-state index contributed by atoms with van der Waals surface area (Å²) in [6.07, 6.45) is 5.38. The highest BCUT2D eigenvalue weighted by molar-refractivity contribution is 6.19. The van der Waals surface area contributed by atoms with Crippen molar-refractivity contribution in [2.24, 2.45) is 0 Å². The molecule has 0 aromatic heterocycles. The Hall–Kier alpha value is -2.61. The summed E-state index contributed by atoms with van der Waals surface area (Å²) in [7, 11) is 1.67. The summed E-state index contributed by atoms with van der Waals surface area (Å²) >= 11 is 0. The molecule has 2 nitrogen and oxygen atoms in total. The number of carbonyl (C=O) groups excluding carboxylic acids is 1. The second kappa shape index (κ2) is 4.45. The third-order valence-electron chi connectivity index (χ3n) is 4.27. The number of rotatable bonds is 1. The Kier molecular flexibility index (Phi) is 2.58. The summed E-state index contributed by atoms with van der Waals surface area (Å²) in [5.41, 5.74) is 3.39. The van der Waals surface area contributed by atoms with E-state index in [9.17, 15) is 4.79 Å². The van der Waals surface area contributed by atoms with Crippen molar-refractivity contribution in [3.05, 3.63) is 65.2 Å². The van der Waals surface area contributed by atoms with Crippen molar-refractivity contribution in [3.63, 3.8) is 0 Å². The van der Waals surface area contributed by atoms with Gasteiger partial charge in [0.05, 0.1) is 0 Å². The third kappa shape index (κ3) is 1.69. The number of hydrogen-bond donors (Lipinski definition) is 1. The lowest BCUT2D eigenvalue weighted by Crippen LogP contribution is -2.18. The number of amides is 1. The highest BCUT2D eigenvalue weighted by Gasteiger charge is 2.14. The summed E-state index contributed by atoms with van der Waals surface area (Å²) in [6.45, 7) is 0. The number of carbonyl (C=O) groups is 1. The minimum Gasteiger partial charge on any atom is -0.355 e. The predicted octanol–water partition coefficient (Wildman–Crippen LogP) is 3.92. The lowest BCUT2D eigenvalue weighted by molar-refractivity contribution is 0.0965. The van der Waals surface area contributed by atoms with Crippen LogP contribution in [0.25, 0.3) is 27.6 Å². The average Bonchev–Trinajstić information content (AvgIpc) is 3.01. The van der Waals surface area contributed by atoms with Crippen LogP contribution in [0, 0.1) is 0 Å². The second-order valence-electron chi connectivity index (χ2n) is 5.39. The fraction of sp³-hybridized carbons (Fsp3) is 0.105. The van der Waals surface area contributed by atoms with E-state index in [1.165, 1.54) is 16.5 Å². The first kappa shape index (κ1) is 12.2. The molecule has 0 atom stereocenters. The first-order chi connectivity index (χ1) is 10.3. The van der Waals surface area contributed by atoms with E-state index in [1.807, 2.05) is 12.1 Å². The molecule has 4 rings (SSSR count). The normalized spacial score (nSPS) is 12.8. The lowest BCUT2D eigenvalue weighted by Gasteiger charge is -2.11. The molecule has 0 saturated carbocycles. The Morgan fingerprint density at radius 3 is 2.76 bits per heavy atom. The fourth-order valence-electron chi connectivity index (χ4n) is 3.26. The van der Waals surface area contributed by atoms with Gasteiger partial charge in [-0.25, -0.2) is 0 Å². The minimum atomic E-state index is -0.0378. The van der Waals surface area contributed by atoms with Crippen molar-refractivity contribution in [1.29, 1.82) is 0 Å². The topological polar surface area (TPSA) is 29.1 Å². The number of fused-ring (bicyclic) bond motifs is 5. The average molecular weight is 273 g/mol. The molecule has 0 fully saturated rings. The molecule has 3 aromatic rings. The van der Waals surface area contributed by atoms with Crippen LogP contribution >= 0.6 is 0 Å². The molecule has 0 aliphatic heterocycles. The molecule has 1 amide bonds. The molecule has 102 valence electrons. The number of allylic oxidation sites excluding steroid dienone is 1. The molecule has 0 bridgehead atoms. The Balaban J connectivity index is 2.18. The van der Waals surface area contributed by atoms with Crippen LogP contribution in [0.5, 0.6) is 0 Å². The van der Waals surface area contributed by atoms with E-state index in [2.05, 4.69) is 47.8 Å². The molecule has 0 radical (unpaired) electrons. The third-order valence-corrected chi connectivity index (χ3v) is 4.27. The monoisotopic (exact) mass is 273 g/mol. The summed E-state index contributed by atoms with van der Waals surface area (Å²) < 4.78 is 0. The van der Waals surface area contributed by atoms with Crippen LogP contribution in [0.4, 0.5) is 0 Å². The van der Waals surface area contributed by atoms with Gasteiger partial charge in [-0.3, -0.25) is 4.79 Å². The first-order valence-electron chi connectivity index (χ1n) is 7.15. The SMILES string of the molecule is CNC(=O)c1cccc2ccc3c4c(ccc3c12)CC=C4. The van der Waals surface area contributed by atoms with Gasteiger partial charge in [-0.05, 0) is 39.8 Å². The van der Waals surface area contributed by atoms with Gasteiger partial charge in [0.15, 0.2) is 0 Å². The molecule has 0 saturated heterocycles. The van der Waals surface area contributed by atoms with E-state index in [4.69, 9.17) is 0 Å². The van der Waals surface area contributed by atoms with E-state index in [-0.39, 0.29) is 5.91 Å². The zero-order valence-electron chi connectivity index (χ0n) is 11.8. The van der Waals surface area contributed by atoms with Gasteiger partial charge in [0.1, 0.15) is 0 Å². The van der Waals surface area contributed by atoms with E-state index in [0.717, 1.165) is 28.1 Å². The molecule has 0 spiro atoms. The fourth-order valence-corrected chi connectivity index (χ4v) is 3.26. The summed E-state index contributed by atoms with van der Waals surface area (Å²) in [6, 6.07) is 14.5. The quantitative estimate of drug-likeness (QED) is 0.669. The van der Waals surface area contributed by atoms with Crippen molar-refractivity contribution < 1.29 is 4.79 Å². The van der Waals surface area contributed by atoms with E-state index in [0.29, 0.717) is 0 Å². The Morgan fingerprint density at radius 2 is 1.90 bits per heavy atom. The second-order valence-corrected chi connectivity index (χ2v) is 5.39. The number of benzene rings is 3. The van der Waals surface area contributed by atoms with Crippen LogP contribution in [-0.2, 0) is 6.42 Å². The minimum absolute atomic E-state index is 0.0378. The largest absolute Gasteiger partial charge is 0.355 e. The van der Waals surface area contributed by atoms with Crippen LogP contribution in [0.15, 0.2) is 48.5 Å². The van der Waals surface area contributed by atoms with Crippen LogP contribution in [0.1, 0.15) is 21.5 Å². The van der Waals surface area contributed by atoms with Crippen molar-refractivity contribution >= 4 is 33.5 Å². The molecule has 0 heterocycles. The maximum absolute atomic E-state index is 12.2. The van der Waals surface area contributed by atoms with Crippen molar-refractivity contribution in [2.75, 3.05) is 7.05 Å². The van der Waals surface area contributed by atoms with Gasteiger partial charge in [0, 0.05) is 18.0 Å². The zero-order valence-corrected chi connectivity index (χ0v) is 11.8. The summed E-state index contributed by atoms with van der Waals surface area (Å²) in [4.78, 5) is 12.2. The lowest BCUT2D eigenvalue weighted by atomic mass is 9.93. The molecule has 1 N–H and O–H groups in total. The highest BCUT2D eigenvalue weighted by atomic mass is 16.1. The number of nitrogens with one attached hydrogen (secondary N) is 1. The van der Waals surface area contributed by atoms with Crippen molar-refractivity contribution in [1.82, 2.24) is 5.32 Å². The number of hydrogen-bond acceptors (Lipinski definition) is 1. The van der Waals surface area contributed by atoms with E-state index >= 15 is 0 Å². The smallest absolute Gasteiger partial charge is 0.251 e. The molecule has 1 aliphatic rings. The molecule has 1 aliphatic carbocycles. The first-order valence-corrected chi connectivity index (χ1v) is 7.15. The zero-order chi connectivity index (χ0) is 14.4. The maximum Gasteiger partial charge on any atom is 0.251 e. The Morgan fingerprint density at radius 1 is 1.05 bits per heavy atom. The molecular weight excluding hydrogens is 258 g/mol. The van der Waals surface area contributed by atoms with Gasteiger partial charge in [-0.1, -0.05) is 48.6 Å². The van der Waals surface area contributed by atoms with Crippen LogP contribution in [-0.4, -0.2) is 13.0 Å². The van der Waals surface area contributed by atoms with Gasteiger partial charge in [-0.2, -0.15) is 0 Å².